The van der Waals surface area contributed by atoms with Gasteiger partial charge in [-0.25, -0.2) is 8.78 Å². The van der Waals surface area contributed by atoms with E-state index >= 15 is 0 Å². The van der Waals surface area contributed by atoms with Crippen LogP contribution in [0, 0.1) is 11.6 Å². The predicted octanol–water partition coefficient (Wildman–Crippen LogP) is 3.33. The minimum absolute atomic E-state index is 0.354. The maximum absolute atomic E-state index is 13.5. The molecule has 0 radical (unpaired) electrons. The summed E-state index contributed by atoms with van der Waals surface area (Å²) in [5.41, 5.74) is 0.448. The lowest BCUT2D eigenvalue weighted by Gasteiger charge is -2.32. The molecule has 0 atom stereocenters. The topological polar surface area (TPSA) is 31.4 Å². The number of nitrogens with zero attached hydrogens (tertiary/aromatic N) is 1. The molecule has 0 saturated carbocycles. The Balaban J connectivity index is 2.06. The van der Waals surface area contributed by atoms with Gasteiger partial charge in [0.15, 0.2) is 0 Å². The van der Waals surface area contributed by atoms with Gasteiger partial charge in [-0.3, -0.25) is 4.98 Å². The van der Waals surface area contributed by atoms with Crippen molar-refractivity contribution in [1.82, 2.24) is 4.98 Å². The molecule has 0 bridgehead atoms. The molecular weight excluding hydrogens is 299 g/mol. The summed E-state index contributed by atoms with van der Waals surface area (Å²) in [5, 5.41) is 0. The zero-order chi connectivity index (χ0) is 16.8. The number of rotatable bonds is 2. The van der Waals surface area contributed by atoms with Crippen molar-refractivity contribution in [3.05, 3.63) is 48.2 Å². The summed E-state index contributed by atoms with van der Waals surface area (Å²) in [7, 11) is -0.643. The number of benzene rings is 1. The Hall–Kier alpha value is -1.79. The lowest BCUT2D eigenvalue weighted by atomic mass is 9.76. The summed E-state index contributed by atoms with van der Waals surface area (Å²) in [6.45, 7) is 7.80. The van der Waals surface area contributed by atoms with Gasteiger partial charge in [-0.05, 0) is 45.9 Å². The molecule has 1 fully saturated rings. The van der Waals surface area contributed by atoms with Crippen LogP contribution in [0.2, 0.25) is 0 Å². The monoisotopic (exact) mass is 317 g/mol. The molecule has 2 aromatic rings. The van der Waals surface area contributed by atoms with E-state index in [4.69, 9.17) is 9.31 Å². The van der Waals surface area contributed by atoms with Gasteiger partial charge in [-0.15, -0.1) is 0 Å². The fraction of sp³-hybridized carbons (Fsp3) is 0.353. The molecule has 23 heavy (non-hydrogen) atoms. The van der Waals surface area contributed by atoms with Gasteiger partial charge in [0.2, 0.25) is 0 Å². The summed E-state index contributed by atoms with van der Waals surface area (Å²) in [6.07, 6.45) is 1.58. The van der Waals surface area contributed by atoms with E-state index in [1.807, 2.05) is 27.7 Å². The zero-order valence-electron chi connectivity index (χ0n) is 13.6. The predicted molar refractivity (Wildman–Crippen MR) is 85.3 cm³/mol. The van der Waals surface area contributed by atoms with E-state index < -0.39 is 30.0 Å². The third-order valence-corrected chi connectivity index (χ3v) is 4.48. The molecular formula is C17H18BF2NO2. The minimum Gasteiger partial charge on any atom is -0.399 e. The minimum atomic E-state index is -0.648. The van der Waals surface area contributed by atoms with E-state index in [0.717, 1.165) is 6.07 Å². The van der Waals surface area contributed by atoms with E-state index in [1.54, 1.807) is 18.3 Å². The fourth-order valence-corrected chi connectivity index (χ4v) is 2.51. The van der Waals surface area contributed by atoms with E-state index in [2.05, 4.69) is 4.98 Å². The van der Waals surface area contributed by atoms with Crippen LogP contribution < -0.4 is 5.46 Å². The smallest absolute Gasteiger partial charge is 0.399 e. The molecule has 0 aliphatic carbocycles. The van der Waals surface area contributed by atoms with E-state index in [0.29, 0.717) is 16.7 Å². The van der Waals surface area contributed by atoms with E-state index in [-0.39, 0.29) is 0 Å². The SMILES string of the molecule is CC1(C)OB(c2cccnc2-c2cc(F)cc(F)c2)OC1(C)C. The molecule has 1 saturated heterocycles. The molecule has 0 spiro atoms. The molecule has 0 N–H and O–H groups in total. The second-order valence-electron chi connectivity index (χ2n) is 6.69. The third-order valence-electron chi connectivity index (χ3n) is 4.48. The van der Waals surface area contributed by atoms with Crippen LogP contribution in [-0.4, -0.2) is 23.3 Å². The second-order valence-corrected chi connectivity index (χ2v) is 6.69. The maximum atomic E-state index is 13.5. The van der Waals surface area contributed by atoms with Gasteiger partial charge in [0, 0.05) is 23.3 Å². The Morgan fingerprint density at radius 1 is 0.957 bits per heavy atom. The van der Waals surface area contributed by atoms with E-state index in [9.17, 15) is 8.78 Å². The van der Waals surface area contributed by atoms with Crippen LogP contribution >= 0.6 is 0 Å². The summed E-state index contributed by atoms with van der Waals surface area (Å²) in [4.78, 5) is 4.28. The molecule has 2 heterocycles. The van der Waals surface area contributed by atoms with Crippen LogP contribution in [0.4, 0.5) is 8.78 Å². The molecule has 1 aliphatic heterocycles. The van der Waals surface area contributed by atoms with Crippen molar-refractivity contribution in [3.63, 3.8) is 0 Å². The van der Waals surface area contributed by atoms with Crippen molar-refractivity contribution in [2.24, 2.45) is 0 Å². The molecule has 1 aromatic heterocycles. The average Bonchev–Trinajstić information content (AvgIpc) is 2.66. The number of halogens is 2. The average molecular weight is 317 g/mol. The first-order chi connectivity index (χ1) is 10.7. The molecule has 1 aromatic carbocycles. The van der Waals surface area contributed by atoms with Gasteiger partial charge >= 0.3 is 7.12 Å². The molecule has 120 valence electrons. The number of hydrogen-bond donors (Lipinski definition) is 0. The van der Waals surface area contributed by atoms with Crippen LogP contribution in [0.15, 0.2) is 36.5 Å². The summed E-state index contributed by atoms with van der Waals surface area (Å²) >= 11 is 0. The fourth-order valence-electron chi connectivity index (χ4n) is 2.51. The van der Waals surface area contributed by atoms with Crippen molar-refractivity contribution in [2.45, 2.75) is 38.9 Å². The highest BCUT2D eigenvalue weighted by atomic mass is 19.1. The quantitative estimate of drug-likeness (QED) is 0.796. The molecule has 1 aliphatic rings. The van der Waals surface area contributed by atoms with Crippen LogP contribution in [0.5, 0.6) is 0 Å². The Bertz CT molecular complexity index is 713. The van der Waals surface area contributed by atoms with E-state index in [1.165, 1.54) is 12.1 Å². The normalized spacial score (nSPS) is 19.1. The van der Waals surface area contributed by atoms with Gasteiger partial charge in [-0.2, -0.15) is 0 Å². The number of aromatic nitrogens is 1. The Morgan fingerprint density at radius 2 is 1.52 bits per heavy atom. The van der Waals surface area contributed by atoms with Crippen LogP contribution in [0.25, 0.3) is 11.3 Å². The van der Waals surface area contributed by atoms with Gasteiger partial charge in [-0.1, -0.05) is 6.07 Å². The highest BCUT2D eigenvalue weighted by Crippen LogP contribution is 2.37. The second kappa shape index (κ2) is 5.39. The van der Waals surface area contributed by atoms with Gasteiger partial charge < -0.3 is 9.31 Å². The molecule has 6 heteroatoms. The Labute approximate surface area is 134 Å². The molecule has 0 amide bonds. The first kappa shape index (κ1) is 16.1. The largest absolute Gasteiger partial charge is 0.497 e. The van der Waals surface area contributed by atoms with Gasteiger partial charge in [0.1, 0.15) is 11.6 Å². The molecule has 3 nitrogen and oxygen atoms in total. The van der Waals surface area contributed by atoms with Crippen molar-refractivity contribution < 1.29 is 18.1 Å². The lowest BCUT2D eigenvalue weighted by molar-refractivity contribution is 0.00578. The van der Waals surface area contributed by atoms with Crippen LogP contribution in [-0.2, 0) is 9.31 Å². The highest BCUT2D eigenvalue weighted by molar-refractivity contribution is 6.63. The Kier molecular flexibility index (Phi) is 3.77. The molecule has 3 rings (SSSR count). The highest BCUT2D eigenvalue weighted by Gasteiger charge is 2.52. The van der Waals surface area contributed by atoms with Crippen molar-refractivity contribution in [3.8, 4) is 11.3 Å². The van der Waals surface area contributed by atoms with Crippen LogP contribution in [0.3, 0.4) is 0 Å². The summed E-state index contributed by atoms with van der Waals surface area (Å²) in [6, 6.07) is 6.88. The first-order valence-corrected chi connectivity index (χ1v) is 7.47. The van der Waals surface area contributed by atoms with Crippen molar-refractivity contribution in [1.29, 1.82) is 0 Å². The standard InChI is InChI=1S/C17H18BF2NO2/c1-16(2)17(3,4)23-18(22-16)14-6-5-7-21-15(14)11-8-12(19)10-13(20)9-11/h5-10H,1-4H3. The maximum Gasteiger partial charge on any atom is 0.497 e. The summed E-state index contributed by atoms with van der Waals surface area (Å²) < 4.78 is 39.1. The lowest BCUT2D eigenvalue weighted by Crippen LogP contribution is -2.41. The third kappa shape index (κ3) is 2.89. The number of pyridine rings is 1. The van der Waals surface area contributed by atoms with Crippen molar-refractivity contribution >= 4 is 12.6 Å². The first-order valence-electron chi connectivity index (χ1n) is 7.47. The number of hydrogen-bond acceptors (Lipinski definition) is 3. The zero-order valence-corrected chi connectivity index (χ0v) is 13.6. The van der Waals surface area contributed by atoms with Crippen LogP contribution in [0.1, 0.15) is 27.7 Å². The summed E-state index contributed by atoms with van der Waals surface area (Å²) in [5.74, 6) is -1.30. The van der Waals surface area contributed by atoms with Gasteiger partial charge in [0.05, 0.1) is 16.9 Å². The Morgan fingerprint density at radius 3 is 2.09 bits per heavy atom. The molecule has 0 unspecified atom stereocenters. The van der Waals surface area contributed by atoms with Gasteiger partial charge in [0.25, 0.3) is 0 Å². The van der Waals surface area contributed by atoms with Crippen molar-refractivity contribution in [2.75, 3.05) is 0 Å².